The molecule has 5 nitrogen and oxygen atoms in total. The van der Waals surface area contributed by atoms with Crippen molar-refractivity contribution < 1.29 is 4.79 Å². The van der Waals surface area contributed by atoms with Gasteiger partial charge in [0.25, 0.3) is 5.56 Å². The molecule has 2 aromatic heterocycles. The molecule has 1 N–H and O–H groups in total. The number of nitrogens with one attached hydrogen (secondary N) is 1. The molecule has 0 radical (unpaired) electrons. The Labute approximate surface area is 150 Å². The van der Waals surface area contributed by atoms with E-state index in [1.54, 1.807) is 13.8 Å². The maximum Gasteiger partial charge on any atom is 0.263 e. The lowest BCUT2D eigenvalue weighted by Crippen LogP contribution is -2.33. The van der Waals surface area contributed by atoms with Crippen LogP contribution in [-0.4, -0.2) is 15.5 Å². The normalized spacial score (nSPS) is 12.3. The molecule has 3 rings (SSSR count). The van der Waals surface area contributed by atoms with Crippen LogP contribution in [0.2, 0.25) is 0 Å². The third-order valence-electron chi connectivity index (χ3n) is 4.26. The molecule has 130 valence electrons. The molecule has 0 spiro atoms. The fourth-order valence-electron chi connectivity index (χ4n) is 2.78. The van der Waals surface area contributed by atoms with Crippen molar-refractivity contribution in [2.24, 2.45) is 0 Å². The summed E-state index contributed by atoms with van der Waals surface area (Å²) in [6.45, 7) is 7.53. The van der Waals surface area contributed by atoms with Crippen molar-refractivity contribution >= 4 is 33.1 Å². The van der Waals surface area contributed by atoms with Crippen LogP contribution in [0.3, 0.4) is 0 Å². The first kappa shape index (κ1) is 17.4. The van der Waals surface area contributed by atoms with E-state index in [2.05, 4.69) is 10.3 Å². The largest absolute Gasteiger partial charge is 0.324 e. The van der Waals surface area contributed by atoms with Crippen LogP contribution in [0.5, 0.6) is 0 Å². The van der Waals surface area contributed by atoms with Gasteiger partial charge in [-0.1, -0.05) is 24.6 Å². The van der Waals surface area contributed by atoms with Gasteiger partial charge in [0, 0.05) is 10.6 Å². The highest BCUT2D eigenvalue weighted by atomic mass is 32.1. The number of aryl methyl sites for hydroxylation is 3. The van der Waals surface area contributed by atoms with Gasteiger partial charge in [0.1, 0.15) is 16.7 Å². The van der Waals surface area contributed by atoms with E-state index >= 15 is 0 Å². The minimum Gasteiger partial charge on any atom is -0.324 e. The first-order chi connectivity index (χ1) is 11.9. The van der Waals surface area contributed by atoms with E-state index in [4.69, 9.17) is 0 Å². The lowest BCUT2D eigenvalue weighted by Gasteiger charge is -2.17. The Morgan fingerprint density at radius 1 is 1.28 bits per heavy atom. The molecule has 1 atom stereocenters. The second-order valence-electron chi connectivity index (χ2n) is 6.15. The van der Waals surface area contributed by atoms with E-state index in [0.717, 1.165) is 21.7 Å². The van der Waals surface area contributed by atoms with Gasteiger partial charge in [-0.3, -0.25) is 14.2 Å². The monoisotopic (exact) mass is 355 g/mol. The zero-order chi connectivity index (χ0) is 18.1. The summed E-state index contributed by atoms with van der Waals surface area (Å²) < 4.78 is 1.47. The first-order valence-corrected chi connectivity index (χ1v) is 9.11. The Balaban J connectivity index is 1.95. The molecule has 0 fully saturated rings. The van der Waals surface area contributed by atoms with Crippen molar-refractivity contribution in [2.75, 3.05) is 5.32 Å². The lowest BCUT2D eigenvalue weighted by molar-refractivity contribution is -0.118. The van der Waals surface area contributed by atoms with Gasteiger partial charge in [0.15, 0.2) is 0 Å². The summed E-state index contributed by atoms with van der Waals surface area (Å²) in [7, 11) is 0. The summed E-state index contributed by atoms with van der Waals surface area (Å²) in [5.74, 6) is 0.315. The van der Waals surface area contributed by atoms with Crippen LogP contribution in [0.4, 0.5) is 5.69 Å². The molecule has 0 bridgehead atoms. The number of benzene rings is 1. The molecule has 1 unspecified atom stereocenters. The Bertz CT molecular complexity index is 986. The van der Waals surface area contributed by atoms with Gasteiger partial charge in [0.2, 0.25) is 5.91 Å². The summed E-state index contributed by atoms with van der Waals surface area (Å²) >= 11 is 1.53. The van der Waals surface area contributed by atoms with Crippen molar-refractivity contribution in [1.82, 2.24) is 9.55 Å². The number of carbonyl (C=O) groups excluding carboxylic acids is 1. The molecule has 25 heavy (non-hydrogen) atoms. The fraction of sp³-hybridized carbons (Fsp3) is 0.316. The SMILES string of the molecule is CCc1cc2c(=O)n(C(C)C(=O)Nc3ccc(C)cc3)c(C)nc2s1. The van der Waals surface area contributed by atoms with Crippen LogP contribution in [0, 0.1) is 13.8 Å². The van der Waals surface area contributed by atoms with Gasteiger partial charge in [-0.2, -0.15) is 0 Å². The smallest absolute Gasteiger partial charge is 0.263 e. The third-order valence-corrected chi connectivity index (χ3v) is 5.43. The molecule has 6 heteroatoms. The Morgan fingerprint density at radius 2 is 1.96 bits per heavy atom. The van der Waals surface area contributed by atoms with Gasteiger partial charge in [-0.05, 0) is 45.4 Å². The third kappa shape index (κ3) is 3.35. The number of hydrogen-bond acceptors (Lipinski definition) is 4. The average molecular weight is 355 g/mol. The Kier molecular flexibility index (Phi) is 4.72. The molecule has 0 aliphatic carbocycles. The number of amides is 1. The second-order valence-corrected chi connectivity index (χ2v) is 7.27. The van der Waals surface area contributed by atoms with E-state index in [9.17, 15) is 9.59 Å². The van der Waals surface area contributed by atoms with E-state index < -0.39 is 6.04 Å². The van der Waals surface area contributed by atoms with Crippen molar-refractivity contribution in [3.05, 3.63) is 57.0 Å². The standard InChI is InChI=1S/C19H21N3O2S/c1-5-15-10-16-18(25-15)20-13(4)22(19(16)24)12(3)17(23)21-14-8-6-11(2)7-9-14/h6-10,12H,5H2,1-4H3,(H,21,23). The van der Waals surface area contributed by atoms with Gasteiger partial charge in [0.05, 0.1) is 5.39 Å². The average Bonchev–Trinajstić information content (AvgIpc) is 3.00. The predicted molar refractivity (Wildman–Crippen MR) is 103 cm³/mol. The molecule has 0 aliphatic rings. The Hall–Kier alpha value is -2.47. The highest BCUT2D eigenvalue weighted by Crippen LogP contribution is 2.23. The van der Waals surface area contributed by atoms with E-state index in [1.165, 1.54) is 15.9 Å². The van der Waals surface area contributed by atoms with Gasteiger partial charge in [-0.25, -0.2) is 4.98 Å². The van der Waals surface area contributed by atoms with Gasteiger partial charge < -0.3 is 5.32 Å². The molecule has 0 saturated carbocycles. The minimum atomic E-state index is -0.643. The van der Waals surface area contributed by atoms with Gasteiger partial charge in [-0.15, -0.1) is 11.3 Å². The molecular weight excluding hydrogens is 334 g/mol. The van der Waals surface area contributed by atoms with Gasteiger partial charge >= 0.3 is 0 Å². The molecule has 2 heterocycles. The summed E-state index contributed by atoms with van der Waals surface area (Å²) in [5, 5.41) is 3.45. The molecule has 1 aromatic carbocycles. The number of thiophene rings is 1. The zero-order valence-electron chi connectivity index (χ0n) is 14.8. The van der Waals surface area contributed by atoms with Crippen LogP contribution in [0.15, 0.2) is 35.1 Å². The number of carbonyl (C=O) groups is 1. The van der Waals surface area contributed by atoms with Crippen LogP contribution in [0.1, 0.15) is 36.2 Å². The Morgan fingerprint density at radius 3 is 2.60 bits per heavy atom. The number of aromatic nitrogens is 2. The highest BCUT2D eigenvalue weighted by Gasteiger charge is 2.21. The summed E-state index contributed by atoms with van der Waals surface area (Å²) in [6.07, 6.45) is 0.864. The molecule has 0 saturated heterocycles. The van der Waals surface area contributed by atoms with Crippen LogP contribution >= 0.6 is 11.3 Å². The van der Waals surface area contributed by atoms with E-state index in [0.29, 0.717) is 16.9 Å². The number of rotatable bonds is 4. The van der Waals surface area contributed by atoms with Crippen LogP contribution < -0.4 is 10.9 Å². The van der Waals surface area contributed by atoms with Crippen LogP contribution in [-0.2, 0) is 11.2 Å². The van der Waals surface area contributed by atoms with Crippen molar-refractivity contribution in [3.63, 3.8) is 0 Å². The van der Waals surface area contributed by atoms with E-state index in [1.807, 2.05) is 44.2 Å². The maximum absolute atomic E-state index is 12.9. The topological polar surface area (TPSA) is 64.0 Å². The predicted octanol–water partition coefficient (Wildman–Crippen LogP) is 3.84. The van der Waals surface area contributed by atoms with Crippen molar-refractivity contribution in [3.8, 4) is 0 Å². The zero-order valence-corrected chi connectivity index (χ0v) is 15.6. The summed E-state index contributed by atoms with van der Waals surface area (Å²) in [4.78, 5) is 31.9. The fourth-order valence-corrected chi connectivity index (χ4v) is 3.78. The molecular formula is C19H21N3O2S. The number of hydrogen-bond donors (Lipinski definition) is 1. The van der Waals surface area contributed by atoms with E-state index in [-0.39, 0.29) is 11.5 Å². The van der Waals surface area contributed by atoms with Crippen molar-refractivity contribution in [2.45, 2.75) is 40.2 Å². The lowest BCUT2D eigenvalue weighted by atomic mass is 10.2. The molecule has 1 amide bonds. The summed E-state index contributed by atoms with van der Waals surface area (Å²) in [6, 6.07) is 8.81. The molecule has 0 aliphatic heterocycles. The maximum atomic E-state index is 12.9. The second kappa shape index (κ2) is 6.80. The summed E-state index contributed by atoms with van der Waals surface area (Å²) in [5.41, 5.74) is 1.67. The van der Waals surface area contributed by atoms with Crippen LogP contribution in [0.25, 0.3) is 10.2 Å². The minimum absolute atomic E-state index is 0.162. The number of fused-ring (bicyclic) bond motifs is 1. The molecule has 3 aromatic rings. The number of nitrogens with zero attached hydrogens (tertiary/aromatic N) is 2. The van der Waals surface area contributed by atoms with Crippen molar-refractivity contribution in [1.29, 1.82) is 0 Å². The first-order valence-electron chi connectivity index (χ1n) is 8.29. The highest BCUT2D eigenvalue weighted by molar-refractivity contribution is 7.18. The number of anilines is 1. The quantitative estimate of drug-likeness (QED) is 0.773.